The number of nitrogens with two attached hydrogens (primary N) is 1. The molecule has 1 aromatic heterocycles. The Balaban J connectivity index is 2.38. The summed E-state index contributed by atoms with van der Waals surface area (Å²) < 4.78 is 1.77. The Labute approximate surface area is 115 Å². The van der Waals surface area contributed by atoms with E-state index in [1.807, 2.05) is 19.9 Å². The molecule has 108 valence electrons. The summed E-state index contributed by atoms with van der Waals surface area (Å²) in [6.45, 7) is 6.23. The lowest BCUT2D eigenvalue weighted by atomic mass is 10.2. The van der Waals surface area contributed by atoms with Gasteiger partial charge in [0.15, 0.2) is 0 Å². The fraction of sp³-hybridized carbons (Fsp3) is 0.714. The van der Waals surface area contributed by atoms with Crippen LogP contribution in [0.5, 0.6) is 0 Å². The van der Waals surface area contributed by atoms with E-state index in [1.54, 1.807) is 4.68 Å². The van der Waals surface area contributed by atoms with Crippen LogP contribution in [0, 0.1) is 0 Å². The summed E-state index contributed by atoms with van der Waals surface area (Å²) in [6.07, 6.45) is 5.18. The van der Waals surface area contributed by atoms with Crippen LogP contribution in [0.15, 0.2) is 6.07 Å². The number of unbranched alkanes of at least 4 members (excludes halogenated alkanes) is 3. The molecule has 5 nitrogen and oxygen atoms in total. The van der Waals surface area contributed by atoms with Gasteiger partial charge in [0.25, 0.3) is 5.91 Å². The maximum absolute atomic E-state index is 12.1. The van der Waals surface area contributed by atoms with Crippen molar-refractivity contribution < 1.29 is 4.79 Å². The quantitative estimate of drug-likeness (QED) is 0.668. The third-order valence-corrected chi connectivity index (χ3v) is 3.14. The molecule has 0 aromatic carbocycles. The molecule has 0 saturated heterocycles. The van der Waals surface area contributed by atoms with Crippen molar-refractivity contribution in [1.29, 1.82) is 0 Å². The van der Waals surface area contributed by atoms with Crippen LogP contribution in [0.3, 0.4) is 0 Å². The van der Waals surface area contributed by atoms with E-state index < -0.39 is 0 Å². The summed E-state index contributed by atoms with van der Waals surface area (Å²) in [5.74, 6) is -0.0205. The molecule has 1 amide bonds. The molecule has 0 fully saturated rings. The van der Waals surface area contributed by atoms with Crippen LogP contribution in [0.4, 0.5) is 0 Å². The lowest BCUT2D eigenvalue weighted by Crippen LogP contribution is -2.27. The highest BCUT2D eigenvalue weighted by Crippen LogP contribution is 2.06. The summed E-state index contributed by atoms with van der Waals surface area (Å²) in [6, 6.07) is 1.88. The van der Waals surface area contributed by atoms with Gasteiger partial charge in [-0.05, 0) is 38.8 Å². The van der Waals surface area contributed by atoms with Gasteiger partial charge in [-0.25, -0.2) is 0 Å². The van der Waals surface area contributed by atoms with Crippen LogP contribution >= 0.6 is 0 Å². The number of rotatable bonds is 9. The van der Waals surface area contributed by atoms with E-state index in [1.165, 1.54) is 0 Å². The van der Waals surface area contributed by atoms with Gasteiger partial charge in [-0.1, -0.05) is 19.8 Å². The molecule has 5 heteroatoms. The molecular formula is C14H26N4O. The van der Waals surface area contributed by atoms with Crippen LogP contribution in [0.25, 0.3) is 0 Å². The molecule has 1 aromatic rings. The number of nitrogens with zero attached hydrogens (tertiary/aromatic N) is 2. The second-order valence-corrected chi connectivity index (χ2v) is 4.65. The van der Waals surface area contributed by atoms with Crippen molar-refractivity contribution >= 4 is 5.91 Å². The minimum atomic E-state index is -0.0205. The van der Waals surface area contributed by atoms with E-state index in [2.05, 4.69) is 10.4 Å². The molecular weight excluding hydrogens is 240 g/mol. The average Bonchev–Trinajstić information content (AvgIpc) is 2.86. The molecule has 0 radical (unpaired) electrons. The van der Waals surface area contributed by atoms with Gasteiger partial charge in [0.05, 0.1) is 5.69 Å². The zero-order valence-corrected chi connectivity index (χ0v) is 12.1. The average molecular weight is 266 g/mol. The fourth-order valence-electron chi connectivity index (χ4n) is 1.98. The van der Waals surface area contributed by atoms with Crippen molar-refractivity contribution in [3.63, 3.8) is 0 Å². The molecule has 0 unspecified atom stereocenters. The van der Waals surface area contributed by atoms with Crippen molar-refractivity contribution in [2.45, 2.75) is 52.5 Å². The number of carbonyl (C=O) groups excluding carboxylic acids is 1. The minimum Gasteiger partial charge on any atom is -0.351 e. The smallest absolute Gasteiger partial charge is 0.269 e. The number of amides is 1. The van der Waals surface area contributed by atoms with E-state index in [0.29, 0.717) is 5.69 Å². The summed E-state index contributed by atoms with van der Waals surface area (Å²) in [5.41, 5.74) is 7.07. The third-order valence-electron chi connectivity index (χ3n) is 3.14. The highest BCUT2D eigenvalue weighted by molar-refractivity contribution is 5.92. The second-order valence-electron chi connectivity index (χ2n) is 4.65. The number of nitrogens with one attached hydrogen (secondary N) is 1. The summed E-state index contributed by atoms with van der Waals surface area (Å²) in [4.78, 5) is 12.1. The monoisotopic (exact) mass is 266 g/mol. The fourth-order valence-corrected chi connectivity index (χ4v) is 1.98. The van der Waals surface area contributed by atoms with Crippen LogP contribution < -0.4 is 11.1 Å². The largest absolute Gasteiger partial charge is 0.351 e. The molecule has 1 rings (SSSR count). The van der Waals surface area contributed by atoms with Gasteiger partial charge in [0.1, 0.15) is 5.69 Å². The molecule has 0 saturated carbocycles. The standard InChI is InChI=1S/C14H26N4O/c1-3-12-11-13(18(4-2)17-12)14(19)16-10-8-6-5-7-9-15/h11H,3-10,15H2,1-2H3,(H,16,19). The second kappa shape index (κ2) is 8.69. The molecule has 0 bridgehead atoms. The van der Waals surface area contributed by atoms with Gasteiger partial charge in [0.2, 0.25) is 0 Å². The molecule has 0 aliphatic rings. The third kappa shape index (κ3) is 5.03. The molecule has 0 spiro atoms. The summed E-state index contributed by atoms with van der Waals surface area (Å²) in [5, 5.41) is 7.34. The number of aromatic nitrogens is 2. The number of hydrogen-bond donors (Lipinski definition) is 2. The molecule has 1 heterocycles. The van der Waals surface area contributed by atoms with E-state index in [-0.39, 0.29) is 5.91 Å². The van der Waals surface area contributed by atoms with E-state index in [0.717, 1.165) is 57.4 Å². The Bertz CT molecular complexity index is 387. The summed E-state index contributed by atoms with van der Waals surface area (Å²) in [7, 11) is 0. The van der Waals surface area contributed by atoms with Crippen molar-refractivity contribution in [2.24, 2.45) is 5.73 Å². The lowest BCUT2D eigenvalue weighted by Gasteiger charge is -2.06. The van der Waals surface area contributed by atoms with Crippen LogP contribution in [0.2, 0.25) is 0 Å². The molecule has 3 N–H and O–H groups in total. The SMILES string of the molecule is CCc1cc(C(=O)NCCCCCCN)n(CC)n1. The molecule has 0 atom stereocenters. The van der Waals surface area contributed by atoms with Crippen LogP contribution in [-0.4, -0.2) is 28.8 Å². The Kier molecular flexibility index (Phi) is 7.18. The van der Waals surface area contributed by atoms with Gasteiger partial charge in [-0.3, -0.25) is 9.48 Å². The van der Waals surface area contributed by atoms with Crippen LogP contribution in [-0.2, 0) is 13.0 Å². The maximum Gasteiger partial charge on any atom is 0.269 e. The predicted molar refractivity (Wildman–Crippen MR) is 77.1 cm³/mol. The van der Waals surface area contributed by atoms with Gasteiger partial charge >= 0.3 is 0 Å². The zero-order chi connectivity index (χ0) is 14.1. The minimum absolute atomic E-state index is 0.0205. The Morgan fingerprint density at radius 1 is 1.32 bits per heavy atom. The predicted octanol–water partition coefficient (Wildman–Crippen LogP) is 1.71. The molecule has 19 heavy (non-hydrogen) atoms. The first-order valence-corrected chi connectivity index (χ1v) is 7.27. The highest BCUT2D eigenvalue weighted by Gasteiger charge is 2.12. The Morgan fingerprint density at radius 2 is 2.05 bits per heavy atom. The van der Waals surface area contributed by atoms with Gasteiger partial charge in [-0.15, -0.1) is 0 Å². The highest BCUT2D eigenvalue weighted by atomic mass is 16.2. The van der Waals surface area contributed by atoms with Crippen molar-refractivity contribution in [2.75, 3.05) is 13.1 Å². The van der Waals surface area contributed by atoms with Crippen molar-refractivity contribution in [3.05, 3.63) is 17.5 Å². The topological polar surface area (TPSA) is 72.9 Å². The first-order valence-electron chi connectivity index (χ1n) is 7.27. The lowest BCUT2D eigenvalue weighted by molar-refractivity contribution is 0.0942. The first kappa shape index (κ1) is 15.7. The Hall–Kier alpha value is -1.36. The molecule has 0 aliphatic carbocycles. The van der Waals surface area contributed by atoms with E-state index in [4.69, 9.17) is 5.73 Å². The van der Waals surface area contributed by atoms with Gasteiger partial charge in [0, 0.05) is 13.1 Å². The first-order chi connectivity index (χ1) is 9.22. The Morgan fingerprint density at radius 3 is 2.68 bits per heavy atom. The van der Waals surface area contributed by atoms with Crippen LogP contribution in [0.1, 0.15) is 55.7 Å². The number of hydrogen-bond acceptors (Lipinski definition) is 3. The van der Waals surface area contributed by atoms with Gasteiger partial charge in [-0.2, -0.15) is 5.10 Å². The summed E-state index contributed by atoms with van der Waals surface area (Å²) >= 11 is 0. The number of carbonyl (C=O) groups is 1. The van der Waals surface area contributed by atoms with E-state index in [9.17, 15) is 4.79 Å². The van der Waals surface area contributed by atoms with E-state index >= 15 is 0 Å². The molecule has 0 aliphatic heterocycles. The normalized spacial score (nSPS) is 10.7. The van der Waals surface area contributed by atoms with Crippen molar-refractivity contribution in [3.8, 4) is 0 Å². The maximum atomic E-state index is 12.1. The van der Waals surface area contributed by atoms with Gasteiger partial charge < -0.3 is 11.1 Å². The van der Waals surface area contributed by atoms with Crippen molar-refractivity contribution in [1.82, 2.24) is 15.1 Å². The number of aryl methyl sites for hydroxylation is 2. The zero-order valence-electron chi connectivity index (χ0n) is 12.1.